The number of hydrogen-bond acceptors (Lipinski definition) is 3. The van der Waals surface area contributed by atoms with E-state index in [1.54, 1.807) is 6.07 Å². The van der Waals surface area contributed by atoms with Crippen LogP contribution in [0.4, 0.5) is 0 Å². The average molecular weight is 360 g/mol. The summed E-state index contributed by atoms with van der Waals surface area (Å²) >= 11 is 0. The molecule has 1 heterocycles. The molecule has 0 aromatic heterocycles. The van der Waals surface area contributed by atoms with Crippen LogP contribution in [0.1, 0.15) is 49.0 Å². The first-order valence-electron chi connectivity index (χ1n) is 9.74. The number of likely N-dealkylation sites (tertiary alicyclic amines) is 1. The van der Waals surface area contributed by atoms with Crippen molar-refractivity contribution in [3.63, 3.8) is 0 Å². The van der Waals surface area contributed by atoms with Crippen LogP contribution in [-0.2, 0) is 4.79 Å². The molecular weight excluding hydrogens is 326 g/mol. The molecule has 1 aliphatic rings. The van der Waals surface area contributed by atoms with Crippen LogP contribution in [0.2, 0.25) is 0 Å². The molecule has 0 aliphatic carbocycles. The molecule has 1 aromatic carbocycles. The van der Waals surface area contributed by atoms with Crippen molar-refractivity contribution in [3.05, 3.63) is 35.4 Å². The Hall–Kier alpha value is -1.88. The highest BCUT2D eigenvalue weighted by atomic mass is 16.2. The SMILES string of the molecule is CNCCC1CCN(C(=O)C(NC(=O)c2ccccc2C)C(C)C)CC1. The van der Waals surface area contributed by atoms with Gasteiger partial charge in [-0.3, -0.25) is 9.59 Å². The number of piperidine rings is 1. The van der Waals surface area contributed by atoms with Crippen LogP contribution in [-0.4, -0.2) is 49.4 Å². The molecule has 144 valence electrons. The number of carbonyl (C=O) groups is 2. The number of benzene rings is 1. The number of rotatable bonds is 7. The fourth-order valence-corrected chi connectivity index (χ4v) is 3.55. The normalized spacial score (nSPS) is 16.6. The van der Waals surface area contributed by atoms with Gasteiger partial charge in [-0.1, -0.05) is 32.0 Å². The molecule has 26 heavy (non-hydrogen) atoms. The summed E-state index contributed by atoms with van der Waals surface area (Å²) in [4.78, 5) is 27.6. The standard InChI is InChI=1S/C21H33N3O2/c1-15(2)19(23-20(25)18-8-6-5-7-16(18)3)21(26)24-13-10-17(11-14-24)9-12-22-4/h5-8,15,17,19,22H,9-14H2,1-4H3,(H,23,25). The molecule has 1 atom stereocenters. The zero-order valence-corrected chi connectivity index (χ0v) is 16.5. The Morgan fingerprint density at radius 2 is 1.85 bits per heavy atom. The van der Waals surface area contributed by atoms with E-state index in [0.717, 1.165) is 44.5 Å². The highest BCUT2D eigenvalue weighted by Gasteiger charge is 2.31. The van der Waals surface area contributed by atoms with Crippen LogP contribution in [0, 0.1) is 18.8 Å². The van der Waals surface area contributed by atoms with Crippen LogP contribution in [0.3, 0.4) is 0 Å². The molecule has 1 aliphatic heterocycles. The van der Waals surface area contributed by atoms with Crippen molar-refractivity contribution in [2.75, 3.05) is 26.7 Å². The summed E-state index contributed by atoms with van der Waals surface area (Å²) in [5.74, 6) is 0.621. The molecule has 0 radical (unpaired) electrons. The van der Waals surface area contributed by atoms with Gasteiger partial charge in [0.05, 0.1) is 0 Å². The second-order valence-corrected chi connectivity index (χ2v) is 7.67. The van der Waals surface area contributed by atoms with E-state index in [0.29, 0.717) is 11.5 Å². The van der Waals surface area contributed by atoms with E-state index in [1.807, 2.05) is 50.9 Å². The van der Waals surface area contributed by atoms with Gasteiger partial charge in [0.2, 0.25) is 5.91 Å². The first-order valence-corrected chi connectivity index (χ1v) is 9.74. The first kappa shape index (κ1) is 20.4. The third kappa shape index (κ3) is 5.31. The molecule has 1 fully saturated rings. The molecule has 5 nitrogen and oxygen atoms in total. The smallest absolute Gasteiger partial charge is 0.252 e. The zero-order chi connectivity index (χ0) is 19.1. The maximum absolute atomic E-state index is 13.0. The molecule has 0 bridgehead atoms. The van der Waals surface area contributed by atoms with Gasteiger partial charge in [0, 0.05) is 18.7 Å². The van der Waals surface area contributed by atoms with Crippen molar-refractivity contribution in [2.45, 2.75) is 46.1 Å². The van der Waals surface area contributed by atoms with Gasteiger partial charge < -0.3 is 15.5 Å². The number of carbonyl (C=O) groups excluding carboxylic acids is 2. The summed E-state index contributed by atoms with van der Waals surface area (Å²) in [6, 6.07) is 7.01. The molecule has 2 amide bonds. The van der Waals surface area contributed by atoms with Crippen LogP contribution < -0.4 is 10.6 Å². The fourth-order valence-electron chi connectivity index (χ4n) is 3.55. The minimum Gasteiger partial charge on any atom is -0.341 e. The van der Waals surface area contributed by atoms with Crippen LogP contribution in [0.25, 0.3) is 0 Å². The molecule has 1 saturated heterocycles. The van der Waals surface area contributed by atoms with Gasteiger partial charge in [0.1, 0.15) is 6.04 Å². The number of hydrogen-bond donors (Lipinski definition) is 2. The van der Waals surface area contributed by atoms with Gasteiger partial charge in [0.15, 0.2) is 0 Å². The monoisotopic (exact) mass is 359 g/mol. The summed E-state index contributed by atoms with van der Waals surface area (Å²) in [5.41, 5.74) is 1.56. The largest absolute Gasteiger partial charge is 0.341 e. The van der Waals surface area contributed by atoms with E-state index < -0.39 is 6.04 Å². The van der Waals surface area contributed by atoms with Crippen molar-refractivity contribution in [1.29, 1.82) is 0 Å². The van der Waals surface area contributed by atoms with Crippen LogP contribution in [0.5, 0.6) is 0 Å². The topological polar surface area (TPSA) is 61.4 Å². The lowest BCUT2D eigenvalue weighted by Crippen LogP contribution is -2.53. The third-order valence-corrected chi connectivity index (χ3v) is 5.34. The van der Waals surface area contributed by atoms with Crippen molar-refractivity contribution >= 4 is 11.8 Å². The minimum atomic E-state index is -0.476. The Bertz CT molecular complexity index is 607. The van der Waals surface area contributed by atoms with E-state index in [4.69, 9.17) is 0 Å². The van der Waals surface area contributed by atoms with Gasteiger partial charge in [0.25, 0.3) is 5.91 Å². The van der Waals surface area contributed by atoms with Crippen molar-refractivity contribution < 1.29 is 9.59 Å². The molecule has 2 N–H and O–H groups in total. The van der Waals surface area contributed by atoms with Gasteiger partial charge >= 0.3 is 0 Å². The Morgan fingerprint density at radius 1 is 1.19 bits per heavy atom. The number of nitrogens with one attached hydrogen (secondary N) is 2. The molecule has 0 spiro atoms. The zero-order valence-electron chi connectivity index (χ0n) is 16.5. The molecule has 1 unspecified atom stereocenters. The summed E-state index contributed by atoms with van der Waals surface area (Å²) in [7, 11) is 1.98. The molecule has 5 heteroatoms. The average Bonchev–Trinajstić information content (AvgIpc) is 2.64. The molecule has 1 aromatic rings. The first-order chi connectivity index (χ1) is 12.4. The minimum absolute atomic E-state index is 0.0500. The highest BCUT2D eigenvalue weighted by molar-refractivity contribution is 5.98. The molecular formula is C21H33N3O2. The van der Waals surface area contributed by atoms with Crippen molar-refractivity contribution in [1.82, 2.24) is 15.5 Å². The van der Waals surface area contributed by atoms with E-state index in [1.165, 1.54) is 0 Å². The molecule has 2 rings (SSSR count). The number of aryl methyl sites for hydroxylation is 1. The van der Waals surface area contributed by atoms with Gasteiger partial charge in [-0.15, -0.1) is 0 Å². The summed E-state index contributed by atoms with van der Waals surface area (Å²) in [6.07, 6.45) is 3.25. The van der Waals surface area contributed by atoms with E-state index in [-0.39, 0.29) is 17.7 Å². The lowest BCUT2D eigenvalue weighted by molar-refractivity contribution is -0.135. The Balaban J connectivity index is 1.98. The van der Waals surface area contributed by atoms with Crippen molar-refractivity contribution in [2.24, 2.45) is 11.8 Å². The predicted molar refractivity (Wildman–Crippen MR) is 105 cm³/mol. The third-order valence-electron chi connectivity index (χ3n) is 5.34. The van der Waals surface area contributed by atoms with Gasteiger partial charge in [-0.2, -0.15) is 0 Å². The second-order valence-electron chi connectivity index (χ2n) is 7.67. The van der Waals surface area contributed by atoms with E-state index in [2.05, 4.69) is 10.6 Å². The van der Waals surface area contributed by atoms with E-state index >= 15 is 0 Å². The number of nitrogens with zero attached hydrogens (tertiary/aromatic N) is 1. The lowest BCUT2D eigenvalue weighted by atomic mass is 9.92. The van der Waals surface area contributed by atoms with Gasteiger partial charge in [-0.25, -0.2) is 0 Å². The van der Waals surface area contributed by atoms with Gasteiger partial charge in [-0.05, 0) is 63.2 Å². The lowest BCUT2D eigenvalue weighted by Gasteiger charge is -2.35. The molecule has 0 saturated carbocycles. The Labute approximate surface area is 157 Å². The van der Waals surface area contributed by atoms with E-state index in [9.17, 15) is 9.59 Å². The highest BCUT2D eigenvalue weighted by Crippen LogP contribution is 2.21. The maximum Gasteiger partial charge on any atom is 0.252 e. The van der Waals surface area contributed by atoms with Crippen LogP contribution >= 0.6 is 0 Å². The summed E-state index contributed by atoms with van der Waals surface area (Å²) < 4.78 is 0. The summed E-state index contributed by atoms with van der Waals surface area (Å²) in [6.45, 7) is 8.49. The quantitative estimate of drug-likeness (QED) is 0.787. The number of amides is 2. The Morgan fingerprint density at radius 3 is 2.42 bits per heavy atom. The predicted octanol–water partition coefficient (Wildman–Crippen LogP) is 2.60. The van der Waals surface area contributed by atoms with Crippen molar-refractivity contribution in [3.8, 4) is 0 Å². The summed E-state index contributed by atoms with van der Waals surface area (Å²) in [5, 5.41) is 6.17. The van der Waals surface area contributed by atoms with Crippen LogP contribution in [0.15, 0.2) is 24.3 Å². The maximum atomic E-state index is 13.0. The second kappa shape index (κ2) is 9.72. The fraction of sp³-hybridized carbons (Fsp3) is 0.619. The Kier molecular flexibility index (Phi) is 7.64.